The summed E-state index contributed by atoms with van der Waals surface area (Å²) < 4.78 is 5.10. The number of aliphatic hydroxyl groups is 1. The number of aromatic nitrogens is 1. The van der Waals surface area contributed by atoms with E-state index in [-0.39, 0.29) is 6.61 Å². The zero-order valence-corrected chi connectivity index (χ0v) is 11.1. The maximum Gasteiger partial charge on any atom is 0.214 e. The summed E-state index contributed by atoms with van der Waals surface area (Å²) in [6.07, 6.45) is 1.67. The highest BCUT2D eigenvalue weighted by atomic mass is 16.5. The number of hydrogen-bond donors (Lipinski definition) is 2. The van der Waals surface area contributed by atoms with Gasteiger partial charge in [-0.1, -0.05) is 30.3 Å². The second-order valence-electron chi connectivity index (χ2n) is 4.57. The molecule has 0 saturated carbocycles. The lowest BCUT2D eigenvalue weighted by atomic mass is 9.92. The van der Waals surface area contributed by atoms with E-state index in [0.29, 0.717) is 5.88 Å². The third-order valence-electron chi connectivity index (χ3n) is 3.09. The molecule has 2 aromatic rings. The Kier molecular flexibility index (Phi) is 4.02. The fourth-order valence-electron chi connectivity index (χ4n) is 1.93. The molecule has 0 aliphatic carbocycles. The van der Waals surface area contributed by atoms with Gasteiger partial charge < -0.3 is 15.2 Å². The van der Waals surface area contributed by atoms with Crippen molar-refractivity contribution in [3.63, 3.8) is 0 Å². The minimum Gasteiger partial charge on any atom is -0.481 e. The molecule has 1 aromatic heterocycles. The number of nitrogens with one attached hydrogen (secondary N) is 1. The number of nitrogens with zero attached hydrogens (tertiary/aromatic N) is 1. The van der Waals surface area contributed by atoms with Gasteiger partial charge in [0.1, 0.15) is 0 Å². The molecular weight excluding hydrogens is 240 g/mol. The molecule has 100 valence electrons. The number of rotatable bonds is 5. The molecule has 1 aromatic carbocycles. The van der Waals surface area contributed by atoms with Gasteiger partial charge in [0.15, 0.2) is 0 Å². The summed E-state index contributed by atoms with van der Waals surface area (Å²) in [5.74, 6) is 0.540. The molecule has 0 saturated heterocycles. The smallest absolute Gasteiger partial charge is 0.214 e. The zero-order chi connectivity index (χ0) is 13.7. The van der Waals surface area contributed by atoms with E-state index in [1.54, 1.807) is 19.4 Å². The highest BCUT2D eigenvalue weighted by molar-refractivity contribution is 5.49. The number of hydrogen-bond acceptors (Lipinski definition) is 4. The molecule has 0 radical (unpaired) electrons. The molecule has 0 bridgehead atoms. The summed E-state index contributed by atoms with van der Waals surface area (Å²) in [5, 5.41) is 13.0. The zero-order valence-electron chi connectivity index (χ0n) is 11.1. The Balaban J connectivity index is 2.27. The van der Waals surface area contributed by atoms with Gasteiger partial charge in [-0.25, -0.2) is 4.98 Å². The Morgan fingerprint density at radius 3 is 2.63 bits per heavy atom. The van der Waals surface area contributed by atoms with Crippen molar-refractivity contribution in [1.29, 1.82) is 0 Å². The minimum absolute atomic E-state index is 0.0123. The van der Waals surface area contributed by atoms with Crippen LogP contribution in [0, 0.1) is 0 Å². The van der Waals surface area contributed by atoms with Crippen LogP contribution in [0.1, 0.15) is 12.5 Å². The van der Waals surface area contributed by atoms with Gasteiger partial charge in [0.25, 0.3) is 0 Å². The third kappa shape index (κ3) is 3.03. The van der Waals surface area contributed by atoms with Crippen molar-refractivity contribution in [2.24, 2.45) is 0 Å². The number of ether oxygens (including phenoxy) is 1. The van der Waals surface area contributed by atoms with Crippen molar-refractivity contribution < 1.29 is 9.84 Å². The number of benzene rings is 1. The first kappa shape index (κ1) is 13.4. The highest BCUT2D eigenvalue weighted by Gasteiger charge is 2.25. The van der Waals surface area contributed by atoms with Crippen LogP contribution in [0.25, 0.3) is 0 Å². The van der Waals surface area contributed by atoms with Crippen LogP contribution in [0.2, 0.25) is 0 Å². The maximum atomic E-state index is 9.72. The fraction of sp³-hybridized carbons (Fsp3) is 0.267. The van der Waals surface area contributed by atoms with Crippen LogP contribution < -0.4 is 10.1 Å². The molecule has 0 aliphatic heterocycles. The largest absolute Gasteiger partial charge is 0.481 e. The minimum atomic E-state index is -0.548. The highest BCUT2D eigenvalue weighted by Crippen LogP contribution is 2.26. The van der Waals surface area contributed by atoms with E-state index < -0.39 is 5.54 Å². The Hall–Kier alpha value is -2.07. The molecular formula is C15H18N2O2. The van der Waals surface area contributed by atoms with Crippen LogP contribution in [0.5, 0.6) is 5.88 Å². The van der Waals surface area contributed by atoms with Gasteiger partial charge in [-0.05, 0) is 18.6 Å². The summed E-state index contributed by atoms with van der Waals surface area (Å²) in [7, 11) is 1.58. The molecule has 19 heavy (non-hydrogen) atoms. The molecule has 1 atom stereocenters. The molecule has 0 amide bonds. The Morgan fingerprint density at radius 1 is 1.26 bits per heavy atom. The van der Waals surface area contributed by atoms with Crippen molar-refractivity contribution in [2.45, 2.75) is 12.5 Å². The van der Waals surface area contributed by atoms with Crippen molar-refractivity contribution in [3.8, 4) is 5.88 Å². The van der Waals surface area contributed by atoms with Crippen molar-refractivity contribution in [1.82, 2.24) is 4.98 Å². The van der Waals surface area contributed by atoms with Crippen LogP contribution >= 0.6 is 0 Å². The van der Waals surface area contributed by atoms with Crippen LogP contribution in [-0.2, 0) is 5.54 Å². The summed E-state index contributed by atoms with van der Waals surface area (Å²) in [4.78, 5) is 4.06. The second kappa shape index (κ2) is 5.71. The average molecular weight is 258 g/mol. The van der Waals surface area contributed by atoms with E-state index in [2.05, 4.69) is 10.3 Å². The van der Waals surface area contributed by atoms with Crippen LogP contribution in [0.4, 0.5) is 5.69 Å². The first-order chi connectivity index (χ1) is 9.18. The number of methoxy groups -OCH3 is 1. The summed E-state index contributed by atoms with van der Waals surface area (Å²) >= 11 is 0. The molecule has 2 rings (SSSR count). The lowest BCUT2D eigenvalue weighted by Crippen LogP contribution is -2.35. The van der Waals surface area contributed by atoms with Crippen molar-refractivity contribution >= 4 is 5.69 Å². The van der Waals surface area contributed by atoms with Gasteiger partial charge in [0.05, 0.1) is 19.3 Å². The first-order valence-electron chi connectivity index (χ1n) is 6.12. The first-order valence-corrected chi connectivity index (χ1v) is 6.12. The van der Waals surface area contributed by atoms with Gasteiger partial charge in [-0.2, -0.15) is 0 Å². The van der Waals surface area contributed by atoms with Gasteiger partial charge in [-0.3, -0.25) is 0 Å². The number of pyridine rings is 1. The van der Waals surface area contributed by atoms with E-state index in [4.69, 9.17) is 4.74 Å². The van der Waals surface area contributed by atoms with Crippen LogP contribution in [0.3, 0.4) is 0 Å². The van der Waals surface area contributed by atoms with Crippen molar-refractivity contribution in [3.05, 3.63) is 54.2 Å². The number of anilines is 1. The Labute approximate surface area is 113 Å². The summed E-state index contributed by atoms with van der Waals surface area (Å²) in [5.41, 5.74) is 1.33. The molecule has 0 aliphatic rings. The van der Waals surface area contributed by atoms with Crippen LogP contribution in [0.15, 0.2) is 48.7 Å². The molecule has 2 N–H and O–H groups in total. The maximum absolute atomic E-state index is 9.72. The molecule has 1 heterocycles. The van der Waals surface area contributed by atoms with Gasteiger partial charge in [0.2, 0.25) is 5.88 Å². The quantitative estimate of drug-likeness (QED) is 0.864. The molecule has 4 heteroatoms. The topological polar surface area (TPSA) is 54.4 Å². The van der Waals surface area contributed by atoms with E-state index >= 15 is 0 Å². The molecule has 0 fully saturated rings. The van der Waals surface area contributed by atoms with Gasteiger partial charge in [-0.15, -0.1) is 0 Å². The summed E-state index contributed by atoms with van der Waals surface area (Å²) in [6, 6.07) is 13.5. The number of aliphatic hydroxyl groups excluding tert-OH is 1. The van der Waals surface area contributed by atoms with Gasteiger partial charge in [0, 0.05) is 18.0 Å². The SMILES string of the molecule is COc1cc(NC(C)(CO)c2ccccc2)ccn1. The monoisotopic (exact) mass is 258 g/mol. The standard InChI is InChI=1S/C15H18N2O2/c1-15(11-18,12-6-4-3-5-7-12)17-13-8-9-16-14(10-13)19-2/h3-10,18H,11H2,1-2H3,(H,16,17). The third-order valence-corrected chi connectivity index (χ3v) is 3.09. The van der Waals surface area contributed by atoms with Gasteiger partial charge >= 0.3 is 0 Å². The normalized spacial score (nSPS) is 13.6. The van der Waals surface area contributed by atoms with Crippen LogP contribution in [-0.4, -0.2) is 23.8 Å². The van der Waals surface area contributed by atoms with Crippen molar-refractivity contribution in [2.75, 3.05) is 19.0 Å². The molecule has 4 nitrogen and oxygen atoms in total. The van der Waals surface area contributed by atoms with E-state index in [1.165, 1.54) is 0 Å². The summed E-state index contributed by atoms with van der Waals surface area (Å²) in [6.45, 7) is 1.94. The molecule has 0 spiro atoms. The van der Waals surface area contributed by atoms with E-state index in [1.807, 2.05) is 43.3 Å². The fourth-order valence-corrected chi connectivity index (χ4v) is 1.93. The average Bonchev–Trinajstić information content (AvgIpc) is 2.48. The van der Waals surface area contributed by atoms with E-state index in [9.17, 15) is 5.11 Å². The second-order valence-corrected chi connectivity index (χ2v) is 4.57. The van der Waals surface area contributed by atoms with E-state index in [0.717, 1.165) is 11.3 Å². The Bertz CT molecular complexity index is 531. The Morgan fingerprint density at radius 2 is 2.00 bits per heavy atom. The molecule has 1 unspecified atom stereocenters. The lowest BCUT2D eigenvalue weighted by Gasteiger charge is -2.30. The predicted octanol–water partition coefficient (Wildman–Crippen LogP) is 2.41. The lowest BCUT2D eigenvalue weighted by molar-refractivity contribution is 0.224. The predicted molar refractivity (Wildman–Crippen MR) is 75.3 cm³/mol.